The Morgan fingerprint density at radius 1 is 1.29 bits per heavy atom. The van der Waals surface area contributed by atoms with E-state index in [-0.39, 0.29) is 0 Å². The number of hydrogen-bond acceptors (Lipinski definition) is 3. The molecule has 0 amide bonds. The van der Waals surface area contributed by atoms with Crippen LogP contribution in [0.1, 0.15) is 5.01 Å². The fourth-order valence-electron chi connectivity index (χ4n) is 1.17. The van der Waals surface area contributed by atoms with E-state index >= 15 is 0 Å². The number of para-hydroxylation sites is 1. The van der Waals surface area contributed by atoms with E-state index in [0.717, 1.165) is 10.5 Å². The molecule has 2 rings (SSSR count). The Kier molecular flexibility index (Phi) is 2.50. The van der Waals surface area contributed by atoms with Gasteiger partial charge in [-0.05, 0) is 18.2 Å². The quantitative estimate of drug-likeness (QED) is 0.747. The molecule has 1 aromatic carbocycles. The zero-order chi connectivity index (χ0) is 9.97. The fourth-order valence-corrected chi connectivity index (χ4v) is 2.04. The molecule has 0 atom stereocenters. The molecule has 0 spiro atoms. The molecule has 0 N–H and O–H groups in total. The monoisotopic (exact) mass is 204 g/mol. The molecule has 14 heavy (non-hydrogen) atoms. The molecule has 0 aliphatic carbocycles. The first-order chi connectivity index (χ1) is 6.75. The topological polar surface area (TPSA) is 16.1 Å². The molecular weight excluding hydrogens is 192 g/mol. The largest absolute Gasteiger partial charge is 0.383 e. The van der Waals surface area contributed by atoms with E-state index in [0.29, 0.717) is 0 Å². The third-order valence-electron chi connectivity index (χ3n) is 1.83. The first-order valence-corrected chi connectivity index (χ1v) is 5.27. The Morgan fingerprint density at radius 3 is 2.79 bits per heavy atom. The highest BCUT2D eigenvalue weighted by molar-refractivity contribution is 7.19. The number of nitrogens with zero attached hydrogens (tertiary/aromatic N) is 2. The molecule has 3 heteroatoms. The van der Waals surface area contributed by atoms with E-state index in [4.69, 9.17) is 0 Å². The number of rotatable bonds is 2. The van der Waals surface area contributed by atoms with Crippen molar-refractivity contribution in [1.82, 2.24) is 9.88 Å². The minimum atomic E-state index is 1.06. The van der Waals surface area contributed by atoms with Gasteiger partial charge in [0.2, 0.25) is 0 Å². The molecule has 1 heterocycles. The minimum absolute atomic E-state index is 1.06. The van der Waals surface area contributed by atoms with Crippen LogP contribution >= 0.6 is 11.3 Å². The van der Waals surface area contributed by atoms with Crippen molar-refractivity contribution in [3.8, 4) is 0 Å². The zero-order valence-electron chi connectivity index (χ0n) is 8.27. The molecule has 2 aromatic rings. The summed E-state index contributed by atoms with van der Waals surface area (Å²) in [7, 11) is 4.01. The highest BCUT2D eigenvalue weighted by Gasteiger charge is 1.98. The van der Waals surface area contributed by atoms with Crippen molar-refractivity contribution in [3.05, 3.63) is 35.5 Å². The predicted molar refractivity (Wildman–Crippen MR) is 62.3 cm³/mol. The van der Waals surface area contributed by atoms with E-state index in [1.54, 1.807) is 11.3 Å². The number of hydrogen-bond donors (Lipinski definition) is 0. The van der Waals surface area contributed by atoms with Crippen LogP contribution in [0, 0.1) is 0 Å². The summed E-state index contributed by atoms with van der Waals surface area (Å²) in [5, 5.41) is 1.06. The molecule has 0 unspecified atom stereocenters. The van der Waals surface area contributed by atoms with Crippen LogP contribution in [-0.4, -0.2) is 24.0 Å². The second kappa shape index (κ2) is 3.80. The maximum Gasteiger partial charge on any atom is 0.118 e. The van der Waals surface area contributed by atoms with E-state index < -0.39 is 0 Å². The highest BCUT2D eigenvalue weighted by atomic mass is 32.1. The lowest BCUT2D eigenvalue weighted by Gasteiger charge is -2.00. The SMILES string of the molecule is CN(C)/C=C\c1nc2ccccc2s1. The number of benzene rings is 1. The van der Waals surface area contributed by atoms with Crippen LogP contribution in [0.5, 0.6) is 0 Å². The summed E-state index contributed by atoms with van der Waals surface area (Å²) in [4.78, 5) is 6.50. The van der Waals surface area contributed by atoms with E-state index in [1.807, 2.05) is 49.5 Å². The maximum absolute atomic E-state index is 4.49. The summed E-state index contributed by atoms with van der Waals surface area (Å²) >= 11 is 1.71. The van der Waals surface area contributed by atoms with Crippen molar-refractivity contribution in [1.29, 1.82) is 0 Å². The lowest BCUT2D eigenvalue weighted by molar-refractivity contribution is 0.567. The first kappa shape index (κ1) is 9.21. The minimum Gasteiger partial charge on any atom is -0.383 e. The summed E-state index contributed by atoms with van der Waals surface area (Å²) in [6.07, 6.45) is 4.04. The van der Waals surface area contributed by atoms with Crippen LogP contribution < -0.4 is 0 Å². The smallest absolute Gasteiger partial charge is 0.118 e. The van der Waals surface area contributed by atoms with Crippen LogP contribution in [-0.2, 0) is 0 Å². The number of thiazole rings is 1. The molecule has 0 aliphatic rings. The van der Waals surface area contributed by atoms with Gasteiger partial charge in [-0.3, -0.25) is 0 Å². The second-order valence-electron chi connectivity index (χ2n) is 3.30. The highest BCUT2D eigenvalue weighted by Crippen LogP contribution is 2.22. The standard InChI is InChI=1S/C11H12N2S/c1-13(2)8-7-11-12-9-5-3-4-6-10(9)14-11/h3-8H,1-2H3/b8-7-. The van der Waals surface area contributed by atoms with Crippen molar-refractivity contribution < 1.29 is 0 Å². The molecule has 2 nitrogen and oxygen atoms in total. The zero-order valence-corrected chi connectivity index (χ0v) is 9.08. The van der Waals surface area contributed by atoms with Gasteiger partial charge in [-0.1, -0.05) is 12.1 Å². The van der Waals surface area contributed by atoms with Crippen molar-refractivity contribution in [2.75, 3.05) is 14.1 Å². The molecule has 1 aromatic heterocycles. The Bertz CT molecular complexity index is 424. The van der Waals surface area contributed by atoms with Gasteiger partial charge in [-0.2, -0.15) is 0 Å². The van der Waals surface area contributed by atoms with Gasteiger partial charge >= 0.3 is 0 Å². The van der Waals surface area contributed by atoms with Gasteiger partial charge in [-0.25, -0.2) is 4.98 Å². The molecule has 0 radical (unpaired) electrons. The summed E-state index contributed by atoms with van der Waals surface area (Å²) < 4.78 is 1.24. The summed E-state index contributed by atoms with van der Waals surface area (Å²) in [6, 6.07) is 8.19. The molecule has 0 fully saturated rings. The van der Waals surface area contributed by atoms with Crippen molar-refractivity contribution in [3.63, 3.8) is 0 Å². The normalized spacial score (nSPS) is 11.3. The van der Waals surface area contributed by atoms with Crippen LogP contribution in [0.25, 0.3) is 16.3 Å². The van der Waals surface area contributed by atoms with Gasteiger partial charge in [0.15, 0.2) is 0 Å². The maximum atomic E-state index is 4.49. The van der Waals surface area contributed by atoms with Gasteiger partial charge in [0.05, 0.1) is 10.2 Å². The lowest BCUT2D eigenvalue weighted by Crippen LogP contribution is -1.99. The summed E-state index contributed by atoms with van der Waals surface area (Å²) in [6.45, 7) is 0. The Morgan fingerprint density at radius 2 is 2.07 bits per heavy atom. The van der Waals surface area contributed by atoms with Gasteiger partial charge in [0, 0.05) is 20.3 Å². The Balaban J connectivity index is 2.36. The molecule has 0 aliphatic heterocycles. The van der Waals surface area contributed by atoms with Crippen LogP contribution in [0.2, 0.25) is 0 Å². The Hall–Kier alpha value is -1.35. The molecule has 0 saturated carbocycles. The van der Waals surface area contributed by atoms with Crippen molar-refractivity contribution in [2.45, 2.75) is 0 Å². The fraction of sp³-hybridized carbons (Fsp3) is 0.182. The number of fused-ring (bicyclic) bond motifs is 1. The van der Waals surface area contributed by atoms with Gasteiger partial charge in [-0.15, -0.1) is 11.3 Å². The van der Waals surface area contributed by atoms with Gasteiger partial charge < -0.3 is 4.90 Å². The van der Waals surface area contributed by atoms with Crippen LogP contribution in [0.3, 0.4) is 0 Å². The second-order valence-corrected chi connectivity index (χ2v) is 4.36. The van der Waals surface area contributed by atoms with E-state index in [2.05, 4.69) is 11.1 Å². The molecule has 0 saturated heterocycles. The number of aromatic nitrogens is 1. The predicted octanol–water partition coefficient (Wildman–Crippen LogP) is 2.83. The van der Waals surface area contributed by atoms with Crippen LogP contribution in [0.15, 0.2) is 30.5 Å². The van der Waals surface area contributed by atoms with Crippen LogP contribution in [0.4, 0.5) is 0 Å². The van der Waals surface area contributed by atoms with Gasteiger partial charge in [0.1, 0.15) is 5.01 Å². The average molecular weight is 204 g/mol. The molecule has 0 bridgehead atoms. The van der Waals surface area contributed by atoms with Crippen molar-refractivity contribution >= 4 is 27.6 Å². The Labute approximate surface area is 87.5 Å². The summed E-state index contributed by atoms with van der Waals surface area (Å²) in [5.41, 5.74) is 1.08. The molecular formula is C11H12N2S. The molecule has 72 valence electrons. The van der Waals surface area contributed by atoms with Crippen molar-refractivity contribution in [2.24, 2.45) is 0 Å². The van der Waals surface area contributed by atoms with E-state index in [1.165, 1.54) is 4.70 Å². The summed E-state index contributed by atoms with van der Waals surface area (Å²) in [5.74, 6) is 0. The third-order valence-corrected chi connectivity index (χ3v) is 2.83. The van der Waals surface area contributed by atoms with Gasteiger partial charge in [0.25, 0.3) is 0 Å². The third kappa shape index (κ3) is 1.93. The first-order valence-electron chi connectivity index (χ1n) is 4.46. The van der Waals surface area contributed by atoms with E-state index in [9.17, 15) is 0 Å². The average Bonchev–Trinajstić information content (AvgIpc) is 2.57. The lowest BCUT2D eigenvalue weighted by atomic mass is 10.3.